The van der Waals surface area contributed by atoms with Gasteiger partial charge in [0.2, 0.25) is 0 Å². The number of hydrogen-bond donors (Lipinski definition) is 0. The molecular formula is C62H42N2. The Balaban J connectivity index is 1.01. The molecule has 2 aliphatic rings. The molecule has 300 valence electrons. The normalized spacial score (nSPS) is 16.9. The maximum atomic E-state index is 2.41. The number of benzene rings is 10. The number of para-hydroxylation sites is 3. The van der Waals surface area contributed by atoms with Crippen LogP contribution in [0.25, 0.3) is 38.6 Å². The van der Waals surface area contributed by atoms with Crippen LogP contribution in [0.5, 0.6) is 0 Å². The zero-order valence-corrected chi connectivity index (χ0v) is 35.1. The quantitative estimate of drug-likeness (QED) is 0.156. The second kappa shape index (κ2) is 14.2. The first-order valence-electron chi connectivity index (χ1n) is 22.3. The van der Waals surface area contributed by atoms with Crippen molar-refractivity contribution < 1.29 is 0 Å². The van der Waals surface area contributed by atoms with Gasteiger partial charge in [0.05, 0.1) is 21.9 Å². The number of rotatable bonds is 7. The molecular weight excluding hydrogens is 773 g/mol. The summed E-state index contributed by atoms with van der Waals surface area (Å²) >= 11 is 0. The number of nitrogens with zero attached hydrogens (tertiary/aromatic N) is 2. The number of aromatic nitrogens is 1. The predicted molar refractivity (Wildman–Crippen MR) is 265 cm³/mol. The lowest BCUT2D eigenvalue weighted by Crippen LogP contribution is -2.44. The van der Waals surface area contributed by atoms with Crippen LogP contribution in [-0.4, -0.2) is 4.57 Å². The van der Waals surface area contributed by atoms with Gasteiger partial charge in [0.1, 0.15) is 0 Å². The van der Waals surface area contributed by atoms with Crippen LogP contribution in [-0.2, 0) is 10.8 Å². The Morgan fingerprint density at radius 1 is 0.281 bits per heavy atom. The molecule has 11 aromatic rings. The van der Waals surface area contributed by atoms with Crippen molar-refractivity contribution >= 4 is 38.9 Å². The van der Waals surface area contributed by atoms with Crippen molar-refractivity contribution in [3.05, 3.63) is 299 Å². The number of anilines is 3. The molecule has 0 spiro atoms. The highest BCUT2D eigenvalue weighted by Crippen LogP contribution is 2.65. The van der Waals surface area contributed by atoms with Crippen LogP contribution in [0.15, 0.2) is 255 Å². The van der Waals surface area contributed by atoms with Gasteiger partial charge in [0.15, 0.2) is 0 Å². The molecule has 0 N–H and O–H groups in total. The van der Waals surface area contributed by atoms with Gasteiger partial charge in [-0.2, -0.15) is 0 Å². The maximum absolute atomic E-state index is 2.41. The molecule has 2 heteroatoms. The second-order valence-electron chi connectivity index (χ2n) is 17.2. The van der Waals surface area contributed by atoms with Crippen LogP contribution in [0.2, 0.25) is 0 Å². The van der Waals surface area contributed by atoms with Gasteiger partial charge in [0.25, 0.3) is 0 Å². The van der Waals surface area contributed by atoms with Gasteiger partial charge in [-0.25, -0.2) is 0 Å². The molecule has 13 rings (SSSR count). The van der Waals surface area contributed by atoms with Crippen LogP contribution < -0.4 is 4.90 Å². The summed E-state index contributed by atoms with van der Waals surface area (Å²) in [6, 6.07) is 94.4. The molecule has 2 unspecified atom stereocenters. The van der Waals surface area contributed by atoms with E-state index in [9.17, 15) is 0 Å². The third-order valence-corrected chi connectivity index (χ3v) is 14.1. The highest BCUT2D eigenvalue weighted by atomic mass is 15.1. The zero-order valence-electron chi connectivity index (χ0n) is 35.1. The van der Waals surface area contributed by atoms with Gasteiger partial charge >= 0.3 is 0 Å². The van der Waals surface area contributed by atoms with Gasteiger partial charge in [-0.15, -0.1) is 0 Å². The van der Waals surface area contributed by atoms with Crippen LogP contribution >= 0.6 is 0 Å². The largest absolute Gasteiger partial charge is 0.311 e. The fraction of sp³-hybridized carbons (Fsp3) is 0.0323. The van der Waals surface area contributed by atoms with E-state index in [1.165, 1.54) is 77.4 Å². The number of hydrogen-bond acceptors (Lipinski definition) is 1. The van der Waals surface area contributed by atoms with Gasteiger partial charge < -0.3 is 9.47 Å². The summed E-state index contributed by atoms with van der Waals surface area (Å²) in [6.45, 7) is 0. The van der Waals surface area contributed by atoms with Crippen molar-refractivity contribution in [2.45, 2.75) is 10.8 Å². The van der Waals surface area contributed by atoms with Crippen LogP contribution in [0.1, 0.15) is 44.5 Å². The SMILES string of the molecule is c1ccc(N(c2ccc(-n3c4ccccc4c4ccccc43)cc2)c2ccc(C3(c4ccccc4)c4ccccc4C4(c5ccccc5)c5ccccc5-c5cccc3c54)cc2)cc1. The Labute approximate surface area is 373 Å². The zero-order chi connectivity index (χ0) is 42.2. The standard InChI is InChI=1S/C62H42N2/c1-4-19-43(20-5-1)61(55-30-14-15-31-56(55)62(44-21-6-2-7-22-44)54-29-13-10-25-50(54)53-28-18-32-57(61)60(53)62)45-35-37-47(38-36-45)63(46-23-8-3-9-24-46)48-39-41-49(42-40-48)64-58-33-16-11-26-51(58)52-27-12-17-34-59(52)64/h1-42H. The Bertz CT molecular complexity index is 3480. The van der Waals surface area contributed by atoms with E-state index >= 15 is 0 Å². The van der Waals surface area contributed by atoms with E-state index in [1.54, 1.807) is 0 Å². The number of fused-ring (bicyclic) bond motifs is 8. The molecule has 0 aliphatic heterocycles. The first kappa shape index (κ1) is 36.5. The van der Waals surface area contributed by atoms with Gasteiger partial charge in [-0.3, -0.25) is 0 Å². The maximum Gasteiger partial charge on any atom is 0.0720 e. The second-order valence-corrected chi connectivity index (χ2v) is 17.2. The summed E-state index contributed by atoms with van der Waals surface area (Å²) in [5.74, 6) is 0. The van der Waals surface area contributed by atoms with Gasteiger partial charge in [-0.05, 0) is 116 Å². The lowest BCUT2D eigenvalue weighted by molar-refractivity contribution is 0.626. The summed E-state index contributed by atoms with van der Waals surface area (Å²) in [4.78, 5) is 2.38. The monoisotopic (exact) mass is 814 g/mol. The fourth-order valence-electron chi connectivity index (χ4n) is 11.7. The average molecular weight is 815 g/mol. The van der Waals surface area contributed by atoms with Gasteiger partial charge in [0, 0.05) is 33.5 Å². The third-order valence-electron chi connectivity index (χ3n) is 14.1. The summed E-state index contributed by atoms with van der Waals surface area (Å²) in [5.41, 5.74) is 18.8. The molecule has 0 amide bonds. The minimum atomic E-state index is -0.608. The van der Waals surface area contributed by atoms with Crippen molar-refractivity contribution in [1.29, 1.82) is 0 Å². The van der Waals surface area contributed by atoms with Gasteiger partial charge in [-0.1, -0.05) is 194 Å². The Kier molecular flexibility index (Phi) is 8.07. The van der Waals surface area contributed by atoms with E-state index in [0.29, 0.717) is 0 Å². The third kappa shape index (κ3) is 4.97. The fourth-order valence-corrected chi connectivity index (χ4v) is 11.7. The predicted octanol–water partition coefficient (Wildman–Crippen LogP) is 15.3. The topological polar surface area (TPSA) is 8.17 Å². The van der Waals surface area contributed by atoms with Crippen molar-refractivity contribution in [1.82, 2.24) is 4.57 Å². The average Bonchev–Trinajstić information content (AvgIpc) is 3.88. The summed E-state index contributed by atoms with van der Waals surface area (Å²) < 4.78 is 2.38. The minimum Gasteiger partial charge on any atom is -0.311 e. The summed E-state index contributed by atoms with van der Waals surface area (Å²) in [7, 11) is 0. The summed E-state index contributed by atoms with van der Waals surface area (Å²) in [6.07, 6.45) is 0. The smallest absolute Gasteiger partial charge is 0.0720 e. The molecule has 10 aromatic carbocycles. The molecule has 0 saturated carbocycles. The highest BCUT2D eigenvalue weighted by Gasteiger charge is 2.57. The van der Waals surface area contributed by atoms with Crippen molar-refractivity contribution in [3.8, 4) is 16.8 Å². The molecule has 1 heterocycles. The first-order chi connectivity index (χ1) is 31.8. The molecule has 64 heavy (non-hydrogen) atoms. The van der Waals surface area contributed by atoms with Crippen LogP contribution in [0.4, 0.5) is 17.1 Å². The molecule has 2 nitrogen and oxygen atoms in total. The van der Waals surface area contributed by atoms with E-state index < -0.39 is 10.8 Å². The van der Waals surface area contributed by atoms with Crippen LogP contribution in [0.3, 0.4) is 0 Å². The minimum absolute atomic E-state index is 0.478. The molecule has 0 saturated heterocycles. The Hall–Kier alpha value is -8.20. The molecule has 1 aromatic heterocycles. The Morgan fingerprint density at radius 2 is 0.703 bits per heavy atom. The molecule has 2 aliphatic carbocycles. The van der Waals surface area contributed by atoms with E-state index in [-0.39, 0.29) is 0 Å². The van der Waals surface area contributed by atoms with E-state index in [2.05, 4.69) is 264 Å². The van der Waals surface area contributed by atoms with Crippen molar-refractivity contribution in [2.75, 3.05) is 4.90 Å². The van der Waals surface area contributed by atoms with E-state index in [1.807, 2.05) is 0 Å². The van der Waals surface area contributed by atoms with E-state index in [0.717, 1.165) is 22.7 Å². The van der Waals surface area contributed by atoms with E-state index in [4.69, 9.17) is 0 Å². The molecule has 0 fully saturated rings. The molecule has 0 bridgehead atoms. The Morgan fingerprint density at radius 3 is 1.33 bits per heavy atom. The highest BCUT2D eigenvalue weighted by molar-refractivity contribution is 6.09. The van der Waals surface area contributed by atoms with Crippen molar-refractivity contribution in [2.24, 2.45) is 0 Å². The van der Waals surface area contributed by atoms with Crippen molar-refractivity contribution in [3.63, 3.8) is 0 Å². The van der Waals surface area contributed by atoms with Crippen LogP contribution in [0, 0.1) is 0 Å². The first-order valence-corrected chi connectivity index (χ1v) is 22.3. The molecule has 0 radical (unpaired) electrons. The molecule has 2 atom stereocenters. The lowest BCUT2D eigenvalue weighted by Gasteiger charge is -2.49. The summed E-state index contributed by atoms with van der Waals surface area (Å²) in [5, 5.41) is 2.52. The lowest BCUT2D eigenvalue weighted by atomic mass is 9.52.